The number of H-pyrrole nitrogens is 1. The molecule has 2 aliphatic heterocycles. The Balaban J connectivity index is 1.33. The number of aromatic nitrogens is 3. The van der Waals surface area contributed by atoms with Crippen molar-refractivity contribution in [2.24, 2.45) is 5.41 Å². The molecule has 3 N–H and O–H groups in total. The maximum Gasteiger partial charge on any atom is 0.120 e. The van der Waals surface area contributed by atoms with Gasteiger partial charge in [-0.1, -0.05) is 25.1 Å². The predicted molar refractivity (Wildman–Crippen MR) is 124 cm³/mol. The number of fused-ring (bicyclic) bond motifs is 1. The first-order valence-electron chi connectivity index (χ1n) is 11.2. The average molecular weight is 415 g/mol. The van der Waals surface area contributed by atoms with Crippen LogP contribution >= 0.6 is 0 Å². The van der Waals surface area contributed by atoms with Gasteiger partial charge in [-0.2, -0.15) is 0 Å². The zero-order chi connectivity index (χ0) is 21.4. The summed E-state index contributed by atoms with van der Waals surface area (Å²) in [7, 11) is 0. The van der Waals surface area contributed by atoms with Gasteiger partial charge < -0.3 is 15.7 Å². The van der Waals surface area contributed by atoms with E-state index in [0.717, 1.165) is 73.4 Å². The minimum Gasteiger partial charge on any atom is -0.388 e. The lowest BCUT2D eigenvalue weighted by Gasteiger charge is -2.25. The molecular formula is C25H30N6. The van der Waals surface area contributed by atoms with Gasteiger partial charge >= 0.3 is 0 Å². The van der Waals surface area contributed by atoms with Crippen molar-refractivity contribution in [2.45, 2.75) is 39.7 Å². The molecule has 1 unspecified atom stereocenters. The first-order valence-corrected chi connectivity index (χ1v) is 11.2. The molecule has 0 radical (unpaired) electrons. The Morgan fingerprint density at radius 1 is 1.29 bits per heavy atom. The number of rotatable bonds is 5. The van der Waals surface area contributed by atoms with Gasteiger partial charge in [0.2, 0.25) is 0 Å². The number of benzene rings is 1. The van der Waals surface area contributed by atoms with E-state index in [1.54, 1.807) is 0 Å². The van der Waals surface area contributed by atoms with Crippen molar-refractivity contribution < 1.29 is 0 Å². The van der Waals surface area contributed by atoms with Crippen molar-refractivity contribution in [3.63, 3.8) is 0 Å². The summed E-state index contributed by atoms with van der Waals surface area (Å²) in [5, 5.41) is 13.4. The van der Waals surface area contributed by atoms with Crippen LogP contribution < -0.4 is 5.32 Å². The first-order chi connectivity index (χ1) is 15.1. The highest BCUT2D eigenvalue weighted by Gasteiger charge is 2.44. The van der Waals surface area contributed by atoms with Crippen LogP contribution in [0.5, 0.6) is 0 Å². The number of hydrogen-bond donors (Lipinski definition) is 3. The number of para-hydroxylation sites is 1. The first kappa shape index (κ1) is 19.9. The van der Waals surface area contributed by atoms with Crippen molar-refractivity contribution in [2.75, 3.05) is 19.6 Å². The zero-order valence-corrected chi connectivity index (χ0v) is 18.3. The summed E-state index contributed by atoms with van der Waals surface area (Å²) < 4.78 is 0. The standard InChI is InChI=1S/C25H30N6/c1-3-21-17(2)29-24(30-21)15-31-11-9-25(16-31)8-10-27-23(25)13-20(26)19-12-18-6-4-5-7-22(18)28-14-19/h4-7,12-14,26-27H,3,8-11,15-16H2,1-2H3,(H,29,30)/b23-13-,26-20?. The fourth-order valence-electron chi connectivity index (χ4n) is 5.12. The molecule has 5 rings (SSSR count). The van der Waals surface area contributed by atoms with E-state index in [9.17, 15) is 0 Å². The van der Waals surface area contributed by atoms with E-state index in [1.165, 1.54) is 11.4 Å². The molecule has 0 aliphatic carbocycles. The third kappa shape index (κ3) is 3.76. The number of hydrogen-bond acceptors (Lipinski definition) is 5. The maximum atomic E-state index is 8.71. The molecule has 1 spiro atoms. The fraction of sp³-hybridized carbons (Fsp3) is 0.400. The molecular weight excluding hydrogens is 384 g/mol. The Kier molecular flexibility index (Phi) is 5.10. The van der Waals surface area contributed by atoms with Crippen LogP contribution in [0.2, 0.25) is 0 Å². The van der Waals surface area contributed by atoms with Gasteiger partial charge in [-0.3, -0.25) is 9.88 Å². The van der Waals surface area contributed by atoms with E-state index in [2.05, 4.69) is 46.2 Å². The molecule has 0 amide bonds. The largest absolute Gasteiger partial charge is 0.388 e. The molecule has 160 valence electrons. The second-order valence-electron chi connectivity index (χ2n) is 8.91. The smallest absolute Gasteiger partial charge is 0.120 e. The van der Waals surface area contributed by atoms with Crippen LogP contribution in [-0.2, 0) is 13.0 Å². The number of imidazole rings is 1. The number of nitrogens with one attached hydrogen (secondary N) is 3. The zero-order valence-electron chi connectivity index (χ0n) is 18.3. The van der Waals surface area contributed by atoms with Gasteiger partial charge in [0.25, 0.3) is 0 Å². The van der Waals surface area contributed by atoms with Crippen LogP contribution in [0.4, 0.5) is 0 Å². The van der Waals surface area contributed by atoms with Crippen LogP contribution in [0.25, 0.3) is 10.9 Å². The molecule has 1 atom stereocenters. The molecule has 2 fully saturated rings. The van der Waals surface area contributed by atoms with Crippen molar-refractivity contribution in [1.29, 1.82) is 5.41 Å². The van der Waals surface area contributed by atoms with Crippen molar-refractivity contribution in [3.8, 4) is 0 Å². The van der Waals surface area contributed by atoms with Gasteiger partial charge in [0.05, 0.1) is 23.5 Å². The summed E-state index contributed by atoms with van der Waals surface area (Å²) in [4.78, 5) is 15.2. The predicted octanol–water partition coefficient (Wildman–Crippen LogP) is 3.97. The molecule has 0 bridgehead atoms. The van der Waals surface area contributed by atoms with E-state index in [0.29, 0.717) is 5.71 Å². The Labute approximate surface area is 183 Å². The van der Waals surface area contributed by atoms with E-state index in [-0.39, 0.29) is 5.41 Å². The van der Waals surface area contributed by atoms with Crippen molar-refractivity contribution >= 4 is 16.6 Å². The number of aryl methyl sites for hydroxylation is 2. The minimum absolute atomic E-state index is 0.117. The van der Waals surface area contributed by atoms with Gasteiger partial charge in [0, 0.05) is 47.0 Å². The number of nitrogens with zero attached hydrogens (tertiary/aromatic N) is 3. The topological polar surface area (TPSA) is 80.7 Å². The third-order valence-electron chi connectivity index (χ3n) is 6.87. The molecule has 2 aliphatic rings. The highest BCUT2D eigenvalue weighted by molar-refractivity contribution is 6.08. The summed E-state index contributed by atoms with van der Waals surface area (Å²) in [5.41, 5.74) is 6.03. The monoisotopic (exact) mass is 414 g/mol. The summed E-state index contributed by atoms with van der Waals surface area (Å²) >= 11 is 0. The van der Waals surface area contributed by atoms with Gasteiger partial charge in [-0.15, -0.1) is 0 Å². The maximum absolute atomic E-state index is 8.71. The Morgan fingerprint density at radius 3 is 3.00 bits per heavy atom. The molecule has 2 saturated heterocycles. The molecule has 31 heavy (non-hydrogen) atoms. The lowest BCUT2D eigenvalue weighted by Crippen LogP contribution is -2.28. The summed E-state index contributed by atoms with van der Waals surface area (Å²) in [6, 6.07) is 10.1. The van der Waals surface area contributed by atoms with Gasteiger partial charge in [-0.25, -0.2) is 4.98 Å². The molecule has 6 heteroatoms. The van der Waals surface area contributed by atoms with Gasteiger partial charge in [0.15, 0.2) is 0 Å². The number of allylic oxidation sites excluding steroid dienone is 1. The molecule has 3 aromatic rings. The minimum atomic E-state index is 0.117. The fourth-order valence-corrected chi connectivity index (χ4v) is 5.12. The number of pyridine rings is 1. The quantitative estimate of drug-likeness (QED) is 0.552. The van der Waals surface area contributed by atoms with Crippen LogP contribution in [0, 0.1) is 17.7 Å². The van der Waals surface area contributed by atoms with Crippen LogP contribution in [0.1, 0.15) is 42.5 Å². The SMILES string of the molecule is CCc1[nH]c(CN2CCC3(CCN/C3=C\C(=N)c3cnc4ccccc4c3)C2)nc1C. The molecule has 2 aromatic heterocycles. The molecule has 0 saturated carbocycles. The normalized spacial score (nSPS) is 22.6. The Morgan fingerprint density at radius 2 is 2.16 bits per heavy atom. The highest BCUT2D eigenvalue weighted by Crippen LogP contribution is 2.43. The Hall–Kier alpha value is -2.99. The van der Waals surface area contributed by atoms with Crippen LogP contribution in [-0.4, -0.2) is 45.2 Å². The molecule has 6 nitrogen and oxygen atoms in total. The summed E-state index contributed by atoms with van der Waals surface area (Å²) in [6.45, 7) is 8.15. The Bertz CT molecular complexity index is 1160. The molecule has 1 aromatic carbocycles. The van der Waals surface area contributed by atoms with Gasteiger partial charge in [0.1, 0.15) is 5.82 Å². The molecule has 4 heterocycles. The number of aromatic amines is 1. The van der Waals surface area contributed by atoms with E-state index in [4.69, 9.17) is 10.4 Å². The highest BCUT2D eigenvalue weighted by atomic mass is 15.2. The average Bonchev–Trinajstić information content (AvgIpc) is 3.47. The second-order valence-corrected chi connectivity index (χ2v) is 8.91. The van der Waals surface area contributed by atoms with E-state index in [1.807, 2.05) is 30.5 Å². The van der Waals surface area contributed by atoms with E-state index >= 15 is 0 Å². The van der Waals surface area contributed by atoms with Crippen LogP contribution in [0.3, 0.4) is 0 Å². The number of likely N-dealkylation sites (tertiary alicyclic amines) is 1. The van der Waals surface area contributed by atoms with Gasteiger partial charge in [-0.05, 0) is 50.9 Å². The van der Waals surface area contributed by atoms with Crippen molar-refractivity contribution in [3.05, 3.63) is 71.1 Å². The van der Waals surface area contributed by atoms with E-state index < -0.39 is 0 Å². The third-order valence-corrected chi connectivity index (χ3v) is 6.87. The summed E-state index contributed by atoms with van der Waals surface area (Å²) in [6.07, 6.45) is 7.08. The lowest BCUT2D eigenvalue weighted by molar-refractivity contribution is 0.281. The van der Waals surface area contributed by atoms with Crippen molar-refractivity contribution in [1.82, 2.24) is 25.2 Å². The second kappa shape index (κ2) is 7.93. The van der Waals surface area contributed by atoms with Crippen LogP contribution in [0.15, 0.2) is 48.3 Å². The lowest BCUT2D eigenvalue weighted by atomic mass is 9.82. The summed E-state index contributed by atoms with van der Waals surface area (Å²) in [5.74, 6) is 1.07.